The van der Waals surface area contributed by atoms with E-state index in [9.17, 15) is 14.9 Å². The molecule has 0 saturated heterocycles. The molecule has 0 unspecified atom stereocenters. The van der Waals surface area contributed by atoms with Crippen molar-refractivity contribution in [2.45, 2.75) is 6.92 Å². The van der Waals surface area contributed by atoms with E-state index in [1.54, 1.807) is 25.4 Å². The smallest absolute Gasteiger partial charge is 0.411 e. The molecule has 128 valence electrons. The second-order valence-corrected chi connectivity index (χ2v) is 5.89. The zero-order chi connectivity index (χ0) is 18.1. The number of halogens is 2. The van der Waals surface area contributed by atoms with Gasteiger partial charge in [0.2, 0.25) is 0 Å². The molecule has 0 aliphatic heterocycles. The van der Waals surface area contributed by atoms with Crippen molar-refractivity contribution < 1.29 is 14.5 Å². The first-order valence-corrected chi connectivity index (χ1v) is 8.01. The first-order valence-electron chi connectivity index (χ1n) is 6.43. The maximum Gasteiger partial charge on any atom is 0.411 e. The molecule has 24 heavy (non-hydrogen) atoms. The van der Waals surface area contributed by atoms with Crippen LogP contribution in [0.2, 0.25) is 0 Å². The topological polar surface area (TPSA) is 133 Å². The van der Waals surface area contributed by atoms with Crippen LogP contribution in [0.5, 0.6) is 0 Å². The number of nitrogen functional groups attached to an aromatic ring is 1. The van der Waals surface area contributed by atoms with E-state index >= 15 is 0 Å². The molecule has 1 amide bonds. The van der Waals surface area contributed by atoms with Crippen molar-refractivity contribution in [3.05, 3.63) is 49.8 Å². The third-order valence-corrected chi connectivity index (χ3v) is 3.13. The molecule has 0 bridgehead atoms. The summed E-state index contributed by atoms with van der Waals surface area (Å²) in [6.07, 6.45) is 4.04. The molecule has 2 aromatic rings. The van der Waals surface area contributed by atoms with Gasteiger partial charge in [0, 0.05) is 10.7 Å². The molecule has 0 fully saturated rings. The second-order valence-electron chi connectivity index (χ2n) is 4.06. The normalized spacial score (nSPS) is 9.46. The van der Waals surface area contributed by atoms with E-state index in [2.05, 4.69) is 47.1 Å². The summed E-state index contributed by atoms with van der Waals surface area (Å²) in [5, 5.41) is 12.7. The molecule has 2 rings (SSSR count). The van der Waals surface area contributed by atoms with Gasteiger partial charge in [0.15, 0.2) is 6.20 Å². The standard InChI is InChI=1S/C8H9BrN2O2.C5H4BrN3O2/c1-2-13-8(12)11-7-3-6(9)4-10-5-7;6-3-1-4(7)5(8-2-3)9(10)11/h3-5H,2H2,1H3,(H,11,12);1-2H,7H2. The van der Waals surface area contributed by atoms with Gasteiger partial charge in [-0.25, -0.2) is 4.79 Å². The summed E-state index contributed by atoms with van der Waals surface area (Å²) in [5.74, 6) is -0.312. The van der Waals surface area contributed by atoms with Crippen molar-refractivity contribution in [3.63, 3.8) is 0 Å². The largest absolute Gasteiger partial charge is 0.450 e. The number of aromatic nitrogens is 2. The second kappa shape index (κ2) is 9.78. The molecule has 0 aliphatic carbocycles. The minimum atomic E-state index is -0.623. The van der Waals surface area contributed by atoms with Crippen LogP contribution >= 0.6 is 31.9 Å². The number of nitrogens with one attached hydrogen (secondary N) is 1. The number of ether oxygens (including phenoxy) is 1. The van der Waals surface area contributed by atoms with Crippen LogP contribution in [0.1, 0.15) is 6.92 Å². The highest BCUT2D eigenvalue weighted by Crippen LogP contribution is 2.21. The SMILES string of the molecule is CCOC(=O)Nc1cncc(Br)c1.Nc1cc(Br)cnc1[N+](=O)[O-]. The summed E-state index contributed by atoms with van der Waals surface area (Å²) in [4.78, 5) is 27.9. The van der Waals surface area contributed by atoms with Crippen molar-refractivity contribution in [2.75, 3.05) is 17.7 Å². The lowest BCUT2D eigenvalue weighted by Gasteiger charge is -2.04. The molecule has 3 N–H and O–H groups in total. The molecule has 2 heterocycles. The lowest BCUT2D eigenvalue weighted by Crippen LogP contribution is -2.13. The molecule has 0 aromatic carbocycles. The number of carbonyl (C=O) groups excluding carboxylic acids is 1. The van der Waals surface area contributed by atoms with E-state index < -0.39 is 11.0 Å². The third kappa shape index (κ3) is 6.87. The van der Waals surface area contributed by atoms with Crippen molar-refractivity contribution in [2.24, 2.45) is 0 Å². The zero-order valence-electron chi connectivity index (χ0n) is 12.4. The predicted octanol–water partition coefficient (Wildman–Crippen LogP) is 3.75. The van der Waals surface area contributed by atoms with Gasteiger partial charge in [-0.15, -0.1) is 0 Å². The fourth-order valence-corrected chi connectivity index (χ4v) is 2.08. The lowest BCUT2D eigenvalue weighted by molar-refractivity contribution is -0.388. The van der Waals surface area contributed by atoms with E-state index in [1.807, 2.05) is 0 Å². The number of rotatable bonds is 3. The van der Waals surface area contributed by atoms with Gasteiger partial charge in [-0.1, -0.05) is 0 Å². The Morgan fingerprint density at radius 1 is 1.33 bits per heavy atom. The molecule has 2 aromatic heterocycles. The Morgan fingerprint density at radius 3 is 2.54 bits per heavy atom. The molecule has 0 atom stereocenters. The highest BCUT2D eigenvalue weighted by Gasteiger charge is 2.11. The molecular formula is C13H13Br2N5O4. The van der Waals surface area contributed by atoms with Gasteiger partial charge in [-0.3, -0.25) is 10.3 Å². The molecule has 0 radical (unpaired) electrons. The van der Waals surface area contributed by atoms with Crippen LogP contribution in [0.3, 0.4) is 0 Å². The third-order valence-electron chi connectivity index (χ3n) is 2.26. The van der Waals surface area contributed by atoms with Crippen LogP contribution in [-0.2, 0) is 4.74 Å². The summed E-state index contributed by atoms with van der Waals surface area (Å²) in [6.45, 7) is 2.10. The van der Waals surface area contributed by atoms with Gasteiger partial charge in [-0.2, -0.15) is 0 Å². The Kier molecular flexibility index (Phi) is 8.06. The summed E-state index contributed by atoms with van der Waals surface area (Å²) < 4.78 is 6.13. The van der Waals surface area contributed by atoms with Gasteiger partial charge in [0.25, 0.3) is 0 Å². The number of carbonyl (C=O) groups is 1. The summed E-state index contributed by atoms with van der Waals surface area (Å²) in [6, 6.07) is 3.18. The zero-order valence-corrected chi connectivity index (χ0v) is 15.6. The number of hydrogen-bond donors (Lipinski definition) is 2. The van der Waals surface area contributed by atoms with Crippen LogP contribution in [0.25, 0.3) is 0 Å². The molecule has 0 aliphatic rings. The van der Waals surface area contributed by atoms with Crippen molar-refractivity contribution in [1.29, 1.82) is 0 Å². The molecular weight excluding hydrogens is 450 g/mol. The van der Waals surface area contributed by atoms with Crippen LogP contribution in [0, 0.1) is 10.1 Å². The monoisotopic (exact) mass is 461 g/mol. The number of hydrogen-bond acceptors (Lipinski definition) is 7. The Hall–Kier alpha value is -2.27. The van der Waals surface area contributed by atoms with Crippen LogP contribution in [0.15, 0.2) is 39.7 Å². The number of amides is 1. The quantitative estimate of drug-likeness (QED) is 0.523. The summed E-state index contributed by atoms with van der Waals surface area (Å²) in [5.41, 5.74) is 5.95. The Labute approximate surface area is 154 Å². The van der Waals surface area contributed by atoms with Crippen LogP contribution in [-0.4, -0.2) is 27.6 Å². The van der Waals surface area contributed by atoms with E-state index in [-0.39, 0.29) is 11.5 Å². The van der Waals surface area contributed by atoms with Gasteiger partial charge in [0.05, 0.1) is 23.0 Å². The number of nitrogens with two attached hydrogens (primary N) is 1. The van der Waals surface area contributed by atoms with E-state index in [1.165, 1.54) is 12.3 Å². The average Bonchev–Trinajstić information content (AvgIpc) is 2.47. The van der Waals surface area contributed by atoms with Crippen molar-refractivity contribution >= 4 is 55.1 Å². The van der Waals surface area contributed by atoms with E-state index in [0.717, 1.165) is 4.47 Å². The maximum atomic E-state index is 10.9. The number of anilines is 2. The highest BCUT2D eigenvalue weighted by molar-refractivity contribution is 9.10. The Morgan fingerprint density at radius 2 is 2.00 bits per heavy atom. The predicted molar refractivity (Wildman–Crippen MR) is 95.6 cm³/mol. The van der Waals surface area contributed by atoms with E-state index in [0.29, 0.717) is 16.8 Å². The van der Waals surface area contributed by atoms with Gasteiger partial charge < -0.3 is 20.6 Å². The Balaban J connectivity index is 0.000000243. The van der Waals surface area contributed by atoms with Gasteiger partial charge >= 0.3 is 11.9 Å². The number of pyridine rings is 2. The molecule has 9 nitrogen and oxygen atoms in total. The van der Waals surface area contributed by atoms with Crippen molar-refractivity contribution in [3.8, 4) is 0 Å². The maximum absolute atomic E-state index is 10.9. The van der Waals surface area contributed by atoms with Crippen LogP contribution in [0.4, 0.5) is 22.0 Å². The summed E-state index contributed by atoms with van der Waals surface area (Å²) in [7, 11) is 0. The summed E-state index contributed by atoms with van der Waals surface area (Å²) >= 11 is 6.32. The fourth-order valence-electron chi connectivity index (χ4n) is 1.37. The van der Waals surface area contributed by atoms with Gasteiger partial charge in [-0.05, 0) is 60.8 Å². The minimum Gasteiger partial charge on any atom is -0.450 e. The molecule has 0 saturated carbocycles. The average molecular weight is 463 g/mol. The van der Waals surface area contributed by atoms with Crippen molar-refractivity contribution in [1.82, 2.24) is 9.97 Å². The lowest BCUT2D eigenvalue weighted by atomic mass is 10.4. The molecule has 11 heteroatoms. The van der Waals surface area contributed by atoms with E-state index in [4.69, 9.17) is 10.5 Å². The fraction of sp³-hybridized carbons (Fsp3) is 0.154. The minimum absolute atomic E-state index is 0.0596. The highest BCUT2D eigenvalue weighted by atomic mass is 79.9. The Bertz CT molecular complexity index is 729. The molecule has 0 spiro atoms. The number of nitrogens with zero attached hydrogens (tertiary/aromatic N) is 3. The van der Waals surface area contributed by atoms with Gasteiger partial charge in [0.1, 0.15) is 5.69 Å². The first-order chi connectivity index (χ1) is 11.3. The first kappa shape index (κ1) is 19.8. The van der Waals surface area contributed by atoms with Crippen LogP contribution < -0.4 is 11.1 Å². The number of nitro groups is 1.